The average molecular weight is 363 g/mol. The van der Waals surface area contributed by atoms with Crippen molar-refractivity contribution in [2.75, 3.05) is 7.05 Å². The van der Waals surface area contributed by atoms with Gasteiger partial charge in [-0.15, -0.1) is 6.58 Å². The molecule has 25 heavy (non-hydrogen) atoms. The van der Waals surface area contributed by atoms with E-state index in [-0.39, 0.29) is 23.8 Å². The third-order valence-electron chi connectivity index (χ3n) is 4.16. The van der Waals surface area contributed by atoms with E-state index < -0.39 is 41.1 Å². The molecule has 8 heteroatoms. The number of aliphatic imine (C=N–C) groups is 1. The first-order valence-electron chi connectivity index (χ1n) is 7.38. The van der Waals surface area contributed by atoms with Gasteiger partial charge in [-0.3, -0.25) is 9.79 Å². The molecule has 2 nitrogen and oxygen atoms in total. The predicted molar refractivity (Wildman–Crippen MR) is 80.5 cm³/mol. The number of carbonyl (C=O) groups is 1. The van der Waals surface area contributed by atoms with Gasteiger partial charge in [-0.1, -0.05) is 6.08 Å². The highest BCUT2D eigenvalue weighted by atomic mass is 19.4. The average Bonchev–Trinajstić information content (AvgIpc) is 2.82. The van der Waals surface area contributed by atoms with E-state index in [0.717, 1.165) is 0 Å². The van der Waals surface area contributed by atoms with Gasteiger partial charge in [-0.25, -0.2) is 0 Å². The van der Waals surface area contributed by atoms with E-state index >= 15 is 0 Å². The zero-order valence-electron chi connectivity index (χ0n) is 13.2. The van der Waals surface area contributed by atoms with E-state index in [1.165, 1.54) is 13.1 Å². The standard InChI is InChI=1S/C17H15F6NO/c1-3-4-9-7-13(24-2)14(15(9)25)10-5-11(16(18,19)20)8-12(6-10)17(21,22)23/h3,5-6,8-9,14H,1,4,7H2,2H3. The van der Waals surface area contributed by atoms with Gasteiger partial charge in [0, 0.05) is 18.7 Å². The highest BCUT2D eigenvalue weighted by Gasteiger charge is 2.42. The second kappa shape index (κ2) is 6.65. The number of carbonyl (C=O) groups excluding carboxylic acids is 1. The molecular formula is C17H15F6NO. The number of hydrogen-bond acceptors (Lipinski definition) is 2. The van der Waals surface area contributed by atoms with Crippen LogP contribution in [-0.4, -0.2) is 18.5 Å². The van der Waals surface area contributed by atoms with Crippen LogP contribution in [0.3, 0.4) is 0 Å². The summed E-state index contributed by atoms with van der Waals surface area (Å²) in [6.45, 7) is 3.51. The summed E-state index contributed by atoms with van der Waals surface area (Å²) in [6, 6.07) is 1.24. The normalized spacial score (nSPS) is 23.3. The number of Topliss-reactive ketones (excluding diaryl/α,β-unsaturated/α-hetero) is 1. The maximum atomic E-state index is 13.0. The molecule has 1 aliphatic rings. The van der Waals surface area contributed by atoms with Gasteiger partial charge >= 0.3 is 12.4 Å². The molecule has 2 atom stereocenters. The second-order valence-electron chi connectivity index (χ2n) is 5.81. The van der Waals surface area contributed by atoms with Gasteiger partial charge in [0.05, 0.1) is 17.0 Å². The molecule has 1 aromatic rings. The van der Waals surface area contributed by atoms with Crippen LogP contribution < -0.4 is 0 Å². The summed E-state index contributed by atoms with van der Waals surface area (Å²) in [4.78, 5) is 16.4. The lowest BCUT2D eigenvalue weighted by Gasteiger charge is -2.17. The van der Waals surface area contributed by atoms with Crippen molar-refractivity contribution in [2.24, 2.45) is 10.9 Å². The highest BCUT2D eigenvalue weighted by molar-refractivity contribution is 6.16. The predicted octanol–water partition coefficient (Wildman–Crippen LogP) is 5.04. The Balaban J connectivity index is 2.61. The topological polar surface area (TPSA) is 29.4 Å². The summed E-state index contributed by atoms with van der Waals surface area (Å²) >= 11 is 0. The van der Waals surface area contributed by atoms with Crippen molar-refractivity contribution in [2.45, 2.75) is 31.1 Å². The highest BCUT2D eigenvalue weighted by Crippen LogP contribution is 2.41. The van der Waals surface area contributed by atoms with Gasteiger partial charge in [0.1, 0.15) is 5.78 Å². The lowest BCUT2D eigenvalue weighted by atomic mass is 9.90. The van der Waals surface area contributed by atoms with Crippen molar-refractivity contribution in [3.63, 3.8) is 0 Å². The first kappa shape index (κ1) is 19.2. The van der Waals surface area contributed by atoms with Crippen LogP contribution in [-0.2, 0) is 17.1 Å². The smallest absolute Gasteiger partial charge is 0.298 e. The van der Waals surface area contributed by atoms with Gasteiger partial charge in [0.15, 0.2) is 0 Å². The Kier molecular flexibility index (Phi) is 5.11. The van der Waals surface area contributed by atoms with Crippen LogP contribution in [0.15, 0.2) is 35.8 Å². The fourth-order valence-electron chi connectivity index (χ4n) is 2.99. The van der Waals surface area contributed by atoms with Crippen molar-refractivity contribution >= 4 is 11.5 Å². The SMILES string of the molecule is C=CCC1CC(=NC)C(c2cc(C(F)(F)F)cc(C(F)(F)F)c2)C1=O. The minimum absolute atomic E-state index is 0.0485. The first-order valence-corrected chi connectivity index (χ1v) is 7.38. The van der Waals surface area contributed by atoms with Crippen molar-refractivity contribution < 1.29 is 31.1 Å². The lowest BCUT2D eigenvalue weighted by molar-refractivity contribution is -0.143. The fraction of sp³-hybridized carbons (Fsp3) is 0.412. The summed E-state index contributed by atoms with van der Waals surface area (Å²) in [7, 11) is 1.37. The number of halogens is 6. The summed E-state index contributed by atoms with van der Waals surface area (Å²) < 4.78 is 78.0. The Hall–Kier alpha value is -2.12. The zero-order valence-corrected chi connectivity index (χ0v) is 13.2. The van der Waals surface area contributed by atoms with Crippen molar-refractivity contribution in [1.82, 2.24) is 0 Å². The van der Waals surface area contributed by atoms with Gasteiger partial charge in [0.25, 0.3) is 0 Å². The number of rotatable bonds is 3. The number of allylic oxidation sites excluding steroid dienone is 1. The van der Waals surface area contributed by atoms with E-state index in [2.05, 4.69) is 11.6 Å². The molecule has 0 aliphatic heterocycles. The monoisotopic (exact) mass is 363 g/mol. The van der Waals surface area contributed by atoms with Crippen molar-refractivity contribution in [3.8, 4) is 0 Å². The molecule has 136 valence electrons. The van der Waals surface area contributed by atoms with Crippen LogP contribution in [0.1, 0.15) is 35.4 Å². The Morgan fingerprint density at radius 1 is 1.12 bits per heavy atom. The molecule has 1 aliphatic carbocycles. The molecule has 0 spiro atoms. The molecule has 2 rings (SSSR count). The number of hydrogen-bond donors (Lipinski definition) is 0. The van der Waals surface area contributed by atoms with Crippen LogP contribution in [0.25, 0.3) is 0 Å². The Labute approximate surface area is 140 Å². The number of benzene rings is 1. The molecule has 0 amide bonds. The Bertz CT molecular complexity index is 685. The molecule has 2 unspecified atom stereocenters. The van der Waals surface area contributed by atoms with E-state index in [1.54, 1.807) is 0 Å². The minimum Gasteiger partial charge on any atom is -0.298 e. The van der Waals surface area contributed by atoms with Crippen molar-refractivity contribution in [1.29, 1.82) is 0 Å². The van der Waals surface area contributed by atoms with Crippen LogP contribution in [0, 0.1) is 5.92 Å². The molecule has 1 fully saturated rings. The third-order valence-corrected chi connectivity index (χ3v) is 4.16. The summed E-state index contributed by atoms with van der Waals surface area (Å²) in [5.41, 5.74) is -2.93. The molecule has 0 aromatic heterocycles. The van der Waals surface area contributed by atoms with Crippen LogP contribution in [0.4, 0.5) is 26.3 Å². The van der Waals surface area contributed by atoms with E-state index in [1.807, 2.05) is 0 Å². The number of alkyl halides is 6. The maximum Gasteiger partial charge on any atom is 0.416 e. The summed E-state index contributed by atoms with van der Waals surface area (Å²) in [5, 5.41) is 0. The van der Waals surface area contributed by atoms with Gasteiger partial charge in [-0.2, -0.15) is 26.3 Å². The Morgan fingerprint density at radius 3 is 2.04 bits per heavy atom. The molecule has 0 N–H and O–H groups in total. The third kappa shape index (κ3) is 3.93. The molecular weight excluding hydrogens is 348 g/mol. The molecule has 0 saturated heterocycles. The first-order chi connectivity index (χ1) is 11.5. The lowest BCUT2D eigenvalue weighted by Crippen LogP contribution is -2.18. The van der Waals surface area contributed by atoms with E-state index in [4.69, 9.17) is 0 Å². The van der Waals surface area contributed by atoms with Gasteiger partial charge < -0.3 is 0 Å². The zero-order chi connectivity index (χ0) is 19.0. The van der Waals surface area contributed by atoms with Crippen LogP contribution in [0.5, 0.6) is 0 Å². The largest absolute Gasteiger partial charge is 0.416 e. The summed E-state index contributed by atoms with van der Waals surface area (Å²) in [5.74, 6) is -2.17. The number of ketones is 1. The van der Waals surface area contributed by atoms with Gasteiger partial charge in [0.2, 0.25) is 0 Å². The minimum atomic E-state index is -4.96. The summed E-state index contributed by atoms with van der Waals surface area (Å²) in [6.07, 6.45) is -7.93. The molecule has 1 aromatic carbocycles. The Morgan fingerprint density at radius 2 is 1.64 bits per heavy atom. The van der Waals surface area contributed by atoms with Crippen LogP contribution >= 0.6 is 0 Å². The molecule has 1 saturated carbocycles. The van der Waals surface area contributed by atoms with Crippen molar-refractivity contribution in [3.05, 3.63) is 47.5 Å². The second-order valence-corrected chi connectivity index (χ2v) is 5.81. The fourth-order valence-corrected chi connectivity index (χ4v) is 2.99. The van der Waals surface area contributed by atoms with Gasteiger partial charge in [-0.05, 0) is 36.6 Å². The molecule has 0 heterocycles. The maximum absolute atomic E-state index is 13.0. The number of nitrogens with zero attached hydrogens (tertiary/aromatic N) is 1. The molecule has 0 radical (unpaired) electrons. The van der Waals surface area contributed by atoms with E-state index in [9.17, 15) is 31.1 Å². The molecule has 0 bridgehead atoms. The quantitative estimate of drug-likeness (QED) is 0.546. The van der Waals surface area contributed by atoms with Crippen LogP contribution in [0.2, 0.25) is 0 Å². The van der Waals surface area contributed by atoms with E-state index in [0.29, 0.717) is 18.6 Å².